The Morgan fingerprint density at radius 2 is 1.76 bits per heavy atom. The molecule has 4 heterocycles. The number of nitrogens with zero attached hydrogens (tertiary/aromatic N) is 3. The van der Waals surface area contributed by atoms with Crippen molar-refractivity contribution in [3.63, 3.8) is 0 Å². The van der Waals surface area contributed by atoms with E-state index in [9.17, 15) is 0 Å². The summed E-state index contributed by atoms with van der Waals surface area (Å²) < 4.78 is 79.6. The molecule has 8 rings (SSSR count). The molecule has 42 heavy (non-hydrogen) atoms. The average molecular weight is 740 g/mol. The maximum absolute atomic E-state index is 8.58. The number of pyridine rings is 3. The summed E-state index contributed by atoms with van der Waals surface area (Å²) in [7, 11) is 0. The van der Waals surface area contributed by atoms with Crippen LogP contribution in [-0.4, -0.2) is 15.0 Å². The van der Waals surface area contributed by atoms with Crippen molar-refractivity contribution in [3.05, 3.63) is 126 Å². The van der Waals surface area contributed by atoms with Crippen molar-refractivity contribution in [3.8, 4) is 11.3 Å². The fraction of sp³-hybridized carbons (Fsp3) is 0.270. The van der Waals surface area contributed by atoms with Crippen molar-refractivity contribution in [1.29, 1.82) is 0 Å². The van der Waals surface area contributed by atoms with Gasteiger partial charge in [-0.25, -0.2) is 4.98 Å². The average Bonchev–Trinajstić information content (AvgIpc) is 3.81. The van der Waals surface area contributed by atoms with E-state index in [1.165, 1.54) is 55.3 Å². The van der Waals surface area contributed by atoms with Crippen LogP contribution in [0.15, 0.2) is 95.8 Å². The number of aromatic nitrogens is 3. The third-order valence-electron chi connectivity index (χ3n) is 7.63. The molecule has 6 aromatic rings. The minimum atomic E-state index is -2.21. The molecule has 2 aliphatic rings. The number of benzene rings is 2. The van der Waals surface area contributed by atoms with Crippen LogP contribution in [-0.2, 0) is 20.1 Å². The summed E-state index contributed by atoms with van der Waals surface area (Å²) in [5.41, 5.74) is 3.80. The molecule has 5 heteroatoms. The van der Waals surface area contributed by atoms with Gasteiger partial charge in [0.2, 0.25) is 5.71 Å². The first kappa shape index (κ1) is 19.5. The third kappa shape index (κ3) is 6.86. The van der Waals surface area contributed by atoms with Crippen LogP contribution in [0.1, 0.15) is 67.7 Å². The maximum atomic E-state index is 8.58. The second-order valence-electron chi connectivity index (χ2n) is 10.3. The molecule has 2 saturated carbocycles. The summed E-state index contributed by atoms with van der Waals surface area (Å²) in [4.78, 5) is 12.1. The van der Waals surface area contributed by atoms with Gasteiger partial charge in [0.05, 0.1) is 0 Å². The Morgan fingerprint density at radius 1 is 0.881 bits per heavy atom. The number of hydrogen-bond donors (Lipinski definition) is 0. The molecule has 2 fully saturated rings. The summed E-state index contributed by atoms with van der Waals surface area (Å²) in [5.74, 6) is 1.15. The van der Waals surface area contributed by atoms with E-state index < -0.39 is 20.6 Å². The van der Waals surface area contributed by atoms with E-state index in [4.69, 9.17) is 18.1 Å². The van der Waals surface area contributed by atoms with Crippen LogP contribution >= 0.6 is 0 Å². The van der Waals surface area contributed by atoms with Crippen LogP contribution in [0.5, 0.6) is 0 Å². The fourth-order valence-corrected chi connectivity index (χ4v) is 5.66. The molecule has 4 aromatic heterocycles. The Morgan fingerprint density at radius 3 is 2.45 bits per heavy atom. The van der Waals surface area contributed by atoms with Gasteiger partial charge in [0.15, 0.2) is 0 Å². The smallest absolute Gasteiger partial charge is 0.212 e. The Kier molecular flexibility index (Phi) is 6.29. The summed E-state index contributed by atoms with van der Waals surface area (Å²) in [5, 5.41) is 1.74. The van der Waals surface area contributed by atoms with E-state index in [-0.39, 0.29) is 42.8 Å². The van der Waals surface area contributed by atoms with Crippen LogP contribution in [0.3, 0.4) is 0 Å². The first-order valence-electron chi connectivity index (χ1n) is 18.6. The van der Waals surface area contributed by atoms with Gasteiger partial charge in [-0.1, -0.05) is 30.8 Å². The molecule has 0 N–H and O–H groups in total. The van der Waals surface area contributed by atoms with E-state index in [1.807, 2.05) is 30.6 Å². The zero-order valence-corrected chi connectivity index (χ0v) is 25.1. The molecule has 0 saturated heterocycles. The summed E-state index contributed by atoms with van der Waals surface area (Å²) in [6, 6.07) is 26.0. The first-order valence-corrected chi connectivity index (χ1v) is 13.6. The standard InChI is InChI=1S/C13H12N.C12H8NO.C12H15N.Ir/c1-10-3-6-12(7-4-10)13-8-5-11(2)9-14-13;1-8-6-7-10-9-4-2-3-5-11(9)14-12(10)13-8;1-2-11-7-9(1)8-12(11)10-3-5-13-6-4-10;/h3-6,8-9H,1-2H3;2,4-7H,1H3;3-6,9,11-12H,1-2,7-8H2;/q2*-1;;/i1D3,2D3;1D3;12D;. The minimum Gasteiger partial charge on any atom is -0.502 e. The Hall–Kier alpha value is -3.66. The molecule has 1 radical (unpaired) electrons. The van der Waals surface area contributed by atoms with Gasteiger partial charge in [0.25, 0.3) is 0 Å². The van der Waals surface area contributed by atoms with Gasteiger partial charge >= 0.3 is 0 Å². The van der Waals surface area contributed by atoms with Gasteiger partial charge in [-0.2, -0.15) is 18.2 Å². The molecule has 0 aliphatic heterocycles. The molecule has 2 aromatic carbocycles. The Bertz CT molecular complexity index is 2040. The third-order valence-corrected chi connectivity index (χ3v) is 7.63. The number of fused-ring (bicyclic) bond motifs is 5. The predicted octanol–water partition coefficient (Wildman–Crippen LogP) is 9.24. The number of hydrogen-bond acceptors (Lipinski definition) is 4. The molecular formula is C37H35IrN3O-2. The van der Waals surface area contributed by atoms with E-state index in [1.54, 1.807) is 30.3 Å². The van der Waals surface area contributed by atoms with Gasteiger partial charge in [0, 0.05) is 69.1 Å². The number of aryl methyl sites for hydroxylation is 3. The van der Waals surface area contributed by atoms with Gasteiger partial charge in [-0.3, -0.25) is 4.98 Å². The van der Waals surface area contributed by atoms with E-state index >= 15 is 0 Å². The van der Waals surface area contributed by atoms with Crippen LogP contribution in [0, 0.1) is 44.5 Å². The zero-order valence-electron chi connectivity index (χ0n) is 32.7. The van der Waals surface area contributed by atoms with Crippen LogP contribution < -0.4 is 0 Å². The largest absolute Gasteiger partial charge is 0.502 e. The zero-order chi connectivity index (χ0) is 36.6. The molecule has 0 amide bonds. The van der Waals surface area contributed by atoms with Crippen molar-refractivity contribution in [2.24, 2.45) is 11.8 Å². The molecule has 3 atom stereocenters. The monoisotopic (exact) mass is 740 g/mol. The molecule has 2 bridgehead atoms. The fourth-order valence-electron chi connectivity index (χ4n) is 5.66. The van der Waals surface area contributed by atoms with E-state index in [0.29, 0.717) is 28.5 Å². The molecule has 4 nitrogen and oxygen atoms in total. The van der Waals surface area contributed by atoms with Gasteiger partial charge < -0.3 is 9.40 Å². The Labute approximate surface area is 276 Å². The van der Waals surface area contributed by atoms with E-state index in [2.05, 4.69) is 27.1 Å². The maximum Gasteiger partial charge on any atom is 0.212 e. The van der Waals surface area contributed by atoms with Crippen LogP contribution in [0.4, 0.5) is 0 Å². The van der Waals surface area contributed by atoms with E-state index in [0.717, 1.165) is 23.1 Å². The second kappa shape index (κ2) is 13.5. The van der Waals surface area contributed by atoms with Crippen molar-refractivity contribution < 1.29 is 38.2 Å². The predicted molar refractivity (Wildman–Crippen MR) is 165 cm³/mol. The van der Waals surface area contributed by atoms with Gasteiger partial charge in [0.1, 0.15) is 0 Å². The number of rotatable bonds is 2. The van der Waals surface area contributed by atoms with Crippen LogP contribution in [0.25, 0.3) is 33.3 Å². The molecular weight excluding hydrogens is 695 g/mol. The molecule has 3 unspecified atom stereocenters. The SMILES string of the molecule is [2H]C([2H])([2H])c1c[c-]c(-c2ccc(C([2H])([2H])[2H])cn2)cc1.[2H]C([2H])([2H])c1ccc2c(n1)oc1c[c-]ccc12.[2H]C1(c2ccncc2)CC2CCC1C2.[Ir]. The van der Waals surface area contributed by atoms with Crippen molar-refractivity contribution in [2.45, 2.75) is 52.1 Å². The second-order valence-corrected chi connectivity index (χ2v) is 10.3. The van der Waals surface area contributed by atoms with Gasteiger partial charge in [-0.05, 0) is 91.8 Å². The normalized spacial score (nSPS) is 24.7. The molecule has 0 spiro atoms. The summed E-state index contributed by atoms with van der Waals surface area (Å²) >= 11 is 0. The summed E-state index contributed by atoms with van der Waals surface area (Å²) in [6.07, 6.45) is 9.91. The topological polar surface area (TPSA) is 51.8 Å². The Balaban J connectivity index is 0.000000151. The number of furan rings is 1. The molecule has 215 valence electrons. The van der Waals surface area contributed by atoms with Crippen molar-refractivity contribution in [1.82, 2.24) is 15.0 Å². The first-order chi connectivity index (χ1) is 24.0. The van der Waals surface area contributed by atoms with Crippen molar-refractivity contribution >= 4 is 22.1 Å². The molecule has 2 aliphatic carbocycles. The van der Waals surface area contributed by atoms with Crippen molar-refractivity contribution in [2.75, 3.05) is 0 Å². The summed E-state index contributed by atoms with van der Waals surface area (Å²) in [6.45, 7) is -6.55. The quantitative estimate of drug-likeness (QED) is 0.166. The van der Waals surface area contributed by atoms with Crippen LogP contribution in [0.2, 0.25) is 0 Å². The van der Waals surface area contributed by atoms with Gasteiger partial charge in [-0.15, -0.1) is 41.5 Å². The minimum absolute atomic E-state index is 0.